The largest absolute Gasteiger partial charge is 0.469 e. The van der Waals surface area contributed by atoms with Crippen LogP contribution in [0.4, 0.5) is 4.39 Å². The van der Waals surface area contributed by atoms with Gasteiger partial charge in [-0.1, -0.05) is 6.92 Å². The molecular formula is C15H18FNO5. The fraction of sp³-hybridized carbons (Fsp3) is 0.400. The number of esters is 2. The second-order valence-corrected chi connectivity index (χ2v) is 4.72. The highest BCUT2D eigenvalue weighted by atomic mass is 19.1. The fourth-order valence-electron chi connectivity index (χ4n) is 1.85. The Balaban J connectivity index is 2.80. The molecule has 6 nitrogen and oxygen atoms in total. The molecule has 0 aliphatic heterocycles. The summed E-state index contributed by atoms with van der Waals surface area (Å²) in [5, 5.41) is 2.47. The first-order valence-corrected chi connectivity index (χ1v) is 6.61. The molecule has 0 heterocycles. The first-order chi connectivity index (χ1) is 10.4. The van der Waals surface area contributed by atoms with Crippen molar-refractivity contribution < 1.29 is 28.2 Å². The summed E-state index contributed by atoms with van der Waals surface area (Å²) in [6.07, 6.45) is 0.0340. The van der Waals surface area contributed by atoms with Gasteiger partial charge in [0.2, 0.25) is 0 Å². The van der Waals surface area contributed by atoms with Gasteiger partial charge in [0.25, 0.3) is 5.91 Å². The third-order valence-electron chi connectivity index (χ3n) is 3.09. The minimum Gasteiger partial charge on any atom is -0.469 e. The van der Waals surface area contributed by atoms with E-state index in [4.69, 9.17) is 0 Å². The number of benzene rings is 1. The van der Waals surface area contributed by atoms with Crippen LogP contribution in [-0.4, -0.2) is 38.1 Å². The van der Waals surface area contributed by atoms with Crippen LogP contribution in [0, 0.1) is 11.7 Å². The molecule has 2 atom stereocenters. The second kappa shape index (κ2) is 8.11. The summed E-state index contributed by atoms with van der Waals surface area (Å²) < 4.78 is 22.0. The minimum absolute atomic E-state index is 0.0340. The molecule has 0 aliphatic rings. The van der Waals surface area contributed by atoms with Crippen molar-refractivity contribution in [3.05, 3.63) is 35.6 Å². The second-order valence-electron chi connectivity index (χ2n) is 4.72. The monoisotopic (exact) mass is 311 g/mol. The maximum atomic E-state index is 12.8. The van der Waals surface area contributed by atoms with Crippen molar-refractivity contribution in [3.8, 4) is 0 Å². The Bertz CT molecular complexity index is 543. The van der Waals surface area contributed by atoms with Crippen LogP contribution in [0.15, 0.2) is 24.3 Å². The lowest BCUT2D eigenvalue weighted by atomic mass is 10.0. The lowest BCUT2D eigenvalue weighted by Crippen LogP contribution is -2.43. The number of amides is 1. The van der Waals surface area contributed by atoms with E-state index >= 15 is 0 Å². The van der Waals surface area contributed by atoms with Crippen LogP contribution >= 0.6 is 0 Å². The van der Waals surface area contributed by atoms with Crippen molar-refractivity contribution >= 4 is 17.8 Å². The van der Waals surface area contributed by atoms with Gasteiger partial charge >= 0.3 is 11.9 Å². The zero-order valence-electron chi connectivity index (χ0n) is 12.6. The number of halogens is 1. The number of hydrogen-bond donors (Lipinski definition) is 1. The van der Waals surface area contributed by atoms with Gasteiger partial charge in [0, 0.05) is 5.56 Å². The normalized spacial score (nSPS) is 12.9. The summed E-state index contributed by atoms with van der Waals surface area (Å²) in [6.45, 7) is 1.58. The molecule has 0 aromatic heterocycles. The van der Waals surface area contributed by atoms with Crippen molar-refractivity contribution in [2.75, 3.05) is 14.2 Å². The highest BCUT2D eigenvalue weighted by molar-refractivity contribution is 5.96. The first kappa shape index (κ1) is 17.6. The predicted molar refractivity (Wildman–Crippen MR) is 75.5 cm³/mol. The smallest absolute Gasteiger partial charge is 0.328 e. The van der Waals surface area contributed by atoms with Gasteiger partial charge in [-0.3, -0.25) is 9.59 Å². The minimum atomic E-state index is -1.00. The molecule has 0 fully saturated rings. The van der Waals surface area contributed by atoms with Crippen LogP contribution in [0.1, 0.15) is 23.7 Å². The van der Waals surface area contributed by atoms with Crippen LogP contribution in [-0.2, 0) is 19.1 Å². The summed E-state index contributed by atoms with van der Waals surface area (Å²) in [5.41, 5.74) is 0.195. The van der Waals surface area contributed by atoms with Crippen molar-refractivity contribution in [2.45, 2.75) is 19.4 Å². The van der Waals surface area contributed by atoms with Crippen molar-refractivity contribution in [1.82, 2.24) is 5.32 Å². The number of hydrogen-bond acceptors (Lipinski definition) is 5. The number of rotatable bonds is 6. The van der Waals surface area contributed by atoms with Gasteiger partial charge in [0.1, 0.15) is 11.9 Å². The molecule has 120 valence electrons. The summed E-state index contributed by atoms with van der Waals surface area (Å²) in [5.74, 6) is -2.80. The van der Waals surface area contributed by atoms with Crippen molar-refractivity contribution in [1.29, 1.82) is 0 Å². The molecule has 0 radical (unpaired) electrons. The Morgan fingerprint density at radius 2 is 1.64 bits per heavy atom. The Hall–Kier alpha value is -2.44. The standard InChI is InChI=1S/C15H18FNO5/c1-9(14(19)21-2)8-12(15(20)22-3)17-13(18)10-4-6-11(16)7-5-10/h4-7,9,12H,8H2,1-3H3,(H,17,18)/t9-,12+/m0/s1. The molecule has 0 unspecified atom stereocenters. The van der Waals surface area contributed by atoms with Crippen LogP contribution in [0.5, 0.6) is 0 Å². The van der Waals surface area contributed by atoms with Crippen LogP contribution in [0.25, 0.3) is 0 Å². The molecule has 7 heteroatoms. The average Bonchev–Trinajstić information content (AvgIpc) is 2.52. The quantitative estimate of drug-likeness (QED) is 0.801. The topological polar surface area (TPSA) is 81.7 Å². The van der Waals surface area contributed by atoms with E-state index in [0.29, 0.717) is 0 Å². The van der Waals surface area contributed by atoms with E-state index < -0.39 is 35.6 Å². The zero-order chi connectivity index (χ0) is 16.7. The van der Waals surface area contributed by atoms with Crippen molar-refractivity contribution in [3.63, 3.8) is 0 Å². The maximum absolute atomic E-state index is 12.8. The third kappa shape index (κ3) is 4.83. The molecule has 0 saturated carbocycles. The highest BCUT2D eigenvalue weighted by Crippen LogP contribution is 2.11. The summed E-state index contributed by atoms with van der Waals surface area (Å²) in [4.78, 5) is 35.2. The Kier molecular flexibility index (Phi) is 6.49. The van der Waals surface area contributed by atoms with Gasteiger partial charge in [-0.15, -0.1) is 0 Å². The molecule has 0 aliphatic carbocycles. The lowest BCUT2D eigenvalue weighted by molar-refractivity contribution is -0.147. The van der Waals surface area contributed by atoms with E-state index in [1.54, 1.807) is 6.92 Å². The van der Waals surface area contributed by atoms with Crippen LogP contribution in [0.2, 0.25) is 0 Å². The van der Waals surface area contributed by atoms with E-state index in [1.165, 1.54) is 26.4 Å². The highest BCUT2D eigenvalue weighted by Gasteiger charge is 2.27. The molecule has 1 aromatic carbocycles. The molecule has 22 heavy (non-hydrogen) atoms. The van der Waals surface area contributed by atoms with Crippen molar-refractivity contribution in [2.24, 2.45) is 5.92 Å². The number of methoxy groups -OCH3 is 2. The molecule has 0 saturated heterocycles. The molecule has 1 rings (SSSR count). The SMILES string of the molecule is COC(=O)[C@@H](C)C[C@@H](NC(=O)c1ccc(F)cc1)C(=O)OC. The van der Waals surface area contributed by atoms with Crippen LogP contribution in [0.3, 0.4) is 0 Å². The summed E-state index contributed by atoms with van der Waals surface area (Å²) >= 11 is 0. The molecule has 1 amide bonds. The Morgan fingerprint density at radius 3 is 2.14 bits per heavy atom. The van der Waals surface area contributed by atoms with Gasteiger partial charge in [-0.2, -0.15) is 0 Å². The number of carbonyl (C=O) groups excluding carboxylic acids is 3. The Morgan fingerprint density at radius 1 is 1.09 bits per heavy atom. The van der Waals surface area contributed by atoms with E-state index in [-0.39, 0.29) is 12.0 Å². The van der Waals surface area contributed by atoms with E-state index in [2.05, 4.69) is 14.8 Å². The molecular weight excluding hydrogens is 293 g/mol. The third-order valence-corrected chi connectivity index (χ3v) is 3.09. The van der Waals surface area contributed by atoms with E-state index in [9.17, 15) is 18.8 Å². The fourth-order valence-corrected chi connectivity index (χ4v) is 1.85. The number of ether oxygens (including phenoxy) is 2. The maximum Gasteiger partial charge on any atom is 0.328 e. The van der Waals surface area contributed by atoms with Gasteiger partial charge in [-0.25, -0.2) is 9.18 Å². The van der Waals surface area contributed by atoms with E-state index in [0.717, 1.165) is 12.1 Å². The van der Waals surface area contributed by atoms with Gasteiger partial charge < -0.3 is 14.8 Å². The first-order valence-electron chi connectivity index (χ1n) is 6.61. The average molecular weight is 311 g/mol. The van der Waals surface area contributed by atoms with Crippen LogP contribution < -0.4 is 5.32 Å². The van der Waals surface area contributed by atoms with E-state index in [1.807, 2.05) is 0 Å². The predicted octanol–water partition coefficient (Wildman–Crippen LogP) is 1.30. The Labute approximate surface area is 127 Å². The molecule has 0 spiro atoms. The molecule has 1 aromatic rings. The zero-order valence-corrected chi connectivity index (χ0v) is 12.6. The van der Waals surface area contributed by atoms with Gasteiger partial charge in [0.15, 0.2) is 0 Å². The summed E-state index contributed by atoms with van der Waals surface area (Å²) in [6, 6.07) is 3.86. The number of carbonyl (C=O) groups is 3. The summed E-state index contributed by atoms with van der Waals surface area (Å²) in [7, 11) is 2.42. The molecule has 0 bridgehead atoms. The van der Waals surface area contributed by atoms with Gasteiger partial charge in [0.05, 0.1) is 20.1 Å². The number of nitrogens with one attached hydrogen (secondary N) is 1. The lowest BCUT2D eigenvalue weighted by Gasteiger charge is -2.19. The van der Waals surface area contributed by atoms with Gasteiger partial charge in [-0.05, 0) is 30.7 Å². The molecule has 1 N–H and O–H groups in total.